The van der Waals surface area contributed by atoms with Crippen LogP contribution in [0.1, 0.15) is 27.0 Å². The van der Waals surface area contributed by atoms with Crippen LogP contribution < -0.4 is 0 Å². The summed E-state index contributed by atoms with van der Waals surface area (Å²) in [7, 11) is 0. The molecule has 5 nitrogen and oxygen atoms in total. The molecule has 0 saturated heterocycles. The molecule has 2 heterocycles. The fraction of sp³-hybridized carbons (Fsp3) is 0.136. The molecule has 0 saturated carbocycles. The molecular formula is C22H20N4OS. The highest BCUT2D eigenvalue weighted by molar-refractivity contribution is 8.00. The first-order valence-corrected chi connectivity index (χ1v) is 9.89. The number of hydrogen-bond acceptors (Lipinski definition) is 4. The van der Waals surface area contributed by atoms with Crippen LogP contribution in [0.2, 0.25) is 0 Å². The minimum Gasteiger partial charge on any atom is -0.360 e. The second-order valence-corrected chi connectivity index (χ2v) is 7.52. The van der Waals surface area contributed by atoms with Crippen LogP contribution in [0.5, 0.6) is 0 Å². The monoisotopic (exact) mass is 388 g/mol. The second kappa shape index (κ2) is 7.86. The molecule has 4 aromatic rings. The summed E-state index contributed by atoms with van der Waals surface area (Å²) in [6.07, 6.45) is 3.60. The average molecular weight is 388 g/mol. The van der Waals surface area contributed by atoms with E-state index in [4.69, 9.17) is 0 Å². The number of rotatable bonds is 7. The van der Waals surface area contributed by atoms with E-state index in [1.807, 2.05) is 66.1 Å². The number of thioether (sulfide) groups is 1. The highest BCUT2D eigenvalue weighted by Gasteiger charge is 2.27. The van der Waals surface area contributed by atoms with Gasteiger partial charge in [-0.25, -0.2) is 0 Å². The van der Waals surface area contributed by atoms with Gasteiger partial charge in [-0.05, 0) is 18.6 Å². The number of Topliss-reactive ketones (excluding diaryl/α,β-unsaturated/α-hetero) is 1. The van der Waals surface area contributed by atoms with E-state index in [-0.39, 0.29) is 5.78 Å². The Morgan fingerprint density at radius 2 is 1.93 bits per heavy atom. The quantitative estimate of drug-likeness (QED) is 0.276. The first kappa shape index (κ1) is 18.3. The number of aryl methyl sites for hydroxylation is 1. The van der Waals surface area contributed by atoms with Crippen LogP contribution in [0.25, 0.3) is 10.9 Å². The zero-order chi connectivity index (χ0) is 19.5. The number of aromatic nitrogens is 4. The zero-order valence-electron chi connectivity index (χ0n) is 15.5. The molecule has 28 heavy (non-hydrogen) atoms. The molecule has 0 radical (unpaired) electrons. The van der Waals surface area contributed by atoms with Gasteiger partial charge in [0.05, 0.1) is 0 Å². The van der Waals surface area contributed by atoms with Gasteiger partial charge in [-0.1, -0.05) is 66.4 Å². The van der Waals surface area contributed by atoms with E-state index < -0.39 is 5.25 Å². The number of ketones is 1. The number of H-pyrrole nitrogens is 1. The normalized spacial score (nSPS) is 12.2. The second-order valence-electron chi connectivity index (χ2n) is 6.45. The van der Waals surface area contributed by atoms with Gasteiger partial charge in [-0.15, -0.1) is 16.8 Å². The van der Waals surface area contributed by atoms with E-state index in [1.165, 1.54) is 11.8 Å². The summed E-state index contributed by atoms with van der Waals surface area (Å²) >= 11 is 1.42. The number of fused-ring (bicyclic) bond motifs is 1. The molecule has 0 unspecified atom stereocenters. The summed E-state index contributed by atoms with van der Waals surface area (Å²) in [6, 6.07) is 17.6. The van der Waals surface area contributed by atoms with Crippen LogP contribution in [0.4, 0.5) is 0 Å². The fourth-order valence-electron chi connectivity index (χ4n) is 3.21. The highest BCUT2D eigenvalue weighted by Crippen LogP contribution is 2.38. The summed E-state index contributed by atoms with van der Waals surface area (Å²) in [4.78, 5) is 16.8. The predicted octanol–water partition coefficient (Wildman–Crippen LogP) is 4.97. The number of nitrogens with zero attached hydrogens (tertiary/aromatic N) is 3. The fourth-order valence-corrected chi connectivity index (χ4v) is 4.37. The topological polar surface area (TPSA) is 63.6 Å². The SMILES string of the molecule is C=CCn1c(C)nnc1S[C@H](C(=O)c1c[nH]c2ccccc12)c1ccccc1. The van der Waals surface area contributed by atoms with Crippen LogP contribution in [0.15, 0.2) is 78.6 Å². The van der Waals surface area contributed by atoms with Gasteiger partial charge < -0.3 is 9.55 Å². The summed E-state index contributed by atoms with van der Waals surface area (Å²) in [6.45, 7) is 6.31. The molecule has 1 N–H and O–H groups in total. The van der Waals surface area contributed by atoms with Gasteiger partial charge in [-0.3, -0.25) is 4.79 Å². The van der Waals surface area contributed by atoms with Gasteiger partial charge in [-0.2, -0.15) is 0 Å². The standard InChI is InChI=1S/C22H20N4OS/c1-3-13-26-15(2)24-25-22(26)28-21(16-9-5-4-6-10-16)20(27)18-14-23-19-12-8-7-11-17(18)19/h3-12,14,21,23H,1,13H2,2H3/t21-/m0/s1. The van der Waals surface area contributed by atoms with Crippen LogP contribution in [0.3, 0.4) is 0 Å². The summed E-state index contributed by atoms with van der Waals surface area (Å²) < 4.78 is 1.97. The molecule has 0 aliphatic carbocycles. The van der Waals surface area contributed by atoms with Crippen molar-refractivity contribution in [1.82, 2.24) is 19.7 Å². The Balaban J connectivity index is 1.76. The summed E-state index contributed by atoms with van der Waals surface area (Å²) in [5, 5.41) is 9.69. The number of benzene rings is 2. The lowest BCUT2D eigenvalue weighted by Gasteiger charge is -2.16. The van der Waals surface area contributed by atoms with Crippen molar-refractivity contribution in [3.8, 4) is 0 Å². The Morgan fingerprint density at radius 1 is 1.18 bits per heavy atom. The van der Waals surface area contributed by atoms with Crippen LogP contribution >= 0.6 is 11.8 Å². The maximum atomic E-state index is 13.6. The number of hydrogen-bond donors (Lipinski definition) is 1. The molecule has 0 aliphatic heterocycles. The molecule has 0 bridgehead atoms. The van der Waals surface area contributed by atoms with E-state index in [1.54, 1.807) is 12.3 Å². The molecule has 2 aromatic heterocycles. The Labute approximate surface area is 167 Å². The Kier molecular flexibility index (Phi) is 5.12. The predicted molar refractivity (Wildman–Crippen MR) is 113 cm³/mol. The summed E-state index contributed by atoms with van der Waals surface area (Å²) in [5.74, 6) is 0.841. The first-order valence-electron chi connectivity index (χ1n) is 9.01. The van der Waals surface area contributed by atoms with Gasteiger partial charge >= 0.3 is 0 Å². The van der Waals surface area contributed by atoms with Gasteiger partial charge in [0.25, 0.3) is 0 Å². The zero-order valence-corrected chi connectivity index (χ0v) is 16.3. The molecule has 1 atom stereocenters. The van der Waals surface area contributed by atoms with Crippen LogP contribution in [-0.2, 0) is 6.54 Å². The highest BCUT2D eigenvalue weighted by atomic mass is 32.2. The van der Waals surface area contributed by atoms with Gasteiger partial charge in [0.15, 0.2) is 10.9 Å². The smallest absolute Gasteiger partial charge is 0.192 e. The van der Waals surface area contributed by atoms with Gasteiger partial charge in [0.1, 0.15) is 11.1 Å². The number of para-hydroxylation sites is 1. The van der Waals surface area contributed by atoms with Crippen molar-refractivity contribution in [2.24, 2.45) is 0 Å². The first-order chi connectivity index (χ1) is 13.7. The van der Waals surface area contributed by atoms with Crippen molar-refractivity contribution in [3.63, 3.8) is 0 Å². The number of aromatic amines is 1. The maximum Gasteiger partial charge on any atom is 0.192 e. The molecule has 0 fully saturated rings. The third-order valence-electron chi connectivity index (χ3n) is 4.63. The molecule has 0 amide bonds. The van der Waals surface area contributed by atoms with Crippen LogP contribution in [0, 0.1) is 6.92 Å². The lowest BCUT2D eigenvalue weighted by molar-refractivity contribution is 0.0991. The molecule has 140 valence electrons. The Morgan fingerprint density at radius 3 is 2.71 bits per heavy atom. The largest absolute Gasteiger partial charge is 0.360 e. The van der Waals surface area contributed by atoms with Crippen LogP contribution in [-0.4, -0.2) is 25.5 Å². The van der Waals surface area contributed by atoms with E-state index in [2.05, 4.69) is 21.8 Å². The molecule has 2 aromatic carbocycles. The number of nitrogens with one attached hydrogen (secondary N) is 1. The van der Waals surface area contributed by atoms with E-state index in [0.717, 1.165) is 22.3 Å². The molecule has 4 rings (SSSR count). The number of carbonyl (C=O) groups is 1. The summed E-state index contributed by atoms with van der Waals surface area (Å²) in [5.41, 5.74) is 2.57. The van der Waals surface area contributed by atoms with E-state index in [9.17, 15) is 4.79 Å². The average Bonchev–Trinajstić information content (AvgIpc) is 3.31. The number of allylic oxidation sites excluding steroid dienone is 1. The molecule has 0 aliphatic rings. The molecule has 6 heteroatoms. The van der Waals surface area contributed by atoms with E-state index >= 15 is 0 Å². The third-order valence-corrected chi connectivity index (χ3v) is 5.87. The minimum absolute atomic E-state index is 0.0412. The van der Waals surface area contributed by atoms with Crippen molar-refractivity contribution >= 4 is 28.4 Å². The van der Waals surface area contributed by atoms with Gasteiger partial charge in [0.2, 0.25) is 0 Å². The van der Waals surface area contributed by atoms with Crippen molar-refractivity contribution in [2.75, 3.05) is 0 Å². The van der Waals surface area contributed by atoms with Crippen molar-refractivity contribution in [2.45, 2.75) is 23.9 Å². The lowest BCUT2D eigenvalue weighted by Crippen LogP contribution is -2.11. The van der Waals surface area contributed by atoms with Crippen molar-refractivity contribution in [1.29, 1.82) is 0 Å². The third kappa shape index (κ3) is 3.39. The lowest BCUT2D eigenvalue weighted by atomic mass is 10.0. The Bertz CT molecular complexity index is 1130. The van der Waals surface area contributed by atoms with Crippen molar-refractivity contribution in [3.05, 3.63) is 90.4 Å². The van der Waals surface area contributed by atoms with Gasteiger partial charge in [0, 0.05) is 29.2 Å². The number of carbonyl (C=O) groups excluding carboxylic acids is 1. The maximum absolute atomic E-state index is 13.6. The molecule has 0 spiro atoms. The van der Waals surface area contributed by atoms with Crippen molar-refractivity contribution < 1.29 is 4.79 Å². The molecular weight excluding hydrogens is 368 g/mol. The van der Waals surface area contributed by atoms with E-state index in [0.29, 0.717) is 17.3 Å². The minimum atomic E-state index is -0.424. The Hall–Kier alpha value is -3.12.